The number of amides is 1. The Bertz CT molecular complexity index is 928. The lowest BCUT2D eigenvalue weighted by Gasteiger charge is -2.30. The first-order valence-electron chi connectivity index (χ1n) is 10.1. The minimum atomic E-state index is -3.58. The highest BCUT2D eigenvalue weighted by Gasteiger charge is 2.25. The quantitative estimate of drug-likeness (QED) is 0.543. The number of morpholine rings is 1. The molecule has 3 rings (SSSR count). The lowest BCUT2D eigenvalue weighted by molar-refractivity contribution is -0.133. The summed E-state index contributed by atoms with van der Waals surface area (Å²) >= 11 is 0. The lowest BCUT2D eigenvalue weighted by atomic mass is 10.2. The molecule has 8 nitrogen and oxygen atoms in total. The highest BCUT2D eigenvalue weighted by molar-refractivity contribution is 7.88. The standard InChI is InChI=1S/C21H28FN3O5S/c1-31(27,28)25(9-8-23-10-13-29-14-11-23)17-21(26)24(16-20-3-2-12-30-20)15-18-4-6-19(22)7-5-18/h2-7,12H,8-11,13-17H2,1H3. The van der Waals surface area contributed by atoms with Crippen LogP contribution in [-0.4, -0.2) is 80.6 Å². The van der Waals surface area contributed by atoms with Crippen LogP contribution in [0.25, 0.3) is 0 Å². The van der Waals surface area contributed by atoms with Crippen LogP contribution in [0.3, 0.4) is 0 Å². The van der Waals surface area contributed by atoms with Gasteiger partial charge in [0.05, 0.1) is 38.8 Å². The monoisotopic (exact) mass is 453 g/mol. The average Bonchev–Trinajstić information content (AvgIpc) is 3.25. The van der Waals surface area contributed by atoms with Gasteiger partial charge in [-0.05, 0) is 29.8 Å². The highest BCUT2D eigenvalue weighted by atomic mass is 32.2. The molecule has 0 spiro atoms. The van der Waals surface area contributed by atoms with E-state index in [1.165, 1.54) is 27.6 Å². The summed E-state index contributed by atoms with van der Waals surface area (Å²) < 4.78 is 49.8. The summed E-state index contributed by atoms with van der Waals surface area (Å²) in [6.45, 7) is 3.58. The predicted molar refractivity (Wildman–Crippen MR) is 113 cm³/mol. The van der Waals surface area contributed by atoms with Gasteiger partial charge < -0.3 is 14.1 Å². The fraction of sp³-hybridized carbons (Fsp3) is 0.476. The van der Waals surface area contributed by atoms with E-state index < -0.39 is 10.0 Å². The molecule has 0 aliphatic carbocycles. The summed E-state index contributed by atoms with van der Waals surface area (Å²) in [5.41, 5.74) is 0.737. The number of nitrogens with zero attached hydrogens (tertiary/aromatic N) is 3. The summed E-state index contributed by atoms with van der Waals surface area (Å²) in [7, 11) is -3.58. The second kappa shape index (κ2) is 10.9. The normalized spacial score (nSPS) is 15.3. The molecule has 0 unspecified atom stereocenters. The van der Waals surface area contributed by atoms with Crippen LogP contribution in [0.15, 0.2) is 47.1 Å². The maximum absolute atomic E-state index is 13.2. The lowest BCUT2D eigenvalue weighted by Crippen LogP contribution is -2.46. The van der Waals surface area contributed by atoms with Crippen LogP contribution < -0.4 is 0 Å². The van der Waals surface area contributed by atoms with Gasteiger partial charge in [-0.25, -0.2) is 12.8 Å². The van der Waals surface area contributed by atoms with Gasteiger partial charge in [0.15, 0.2) is 0 Å². The molecule has 1 fully saturated rings. The van der Waals surface area contributed by atoms with E-state index in [1.807, 2.05) is 0 Å². The van der Waals surface area contributed by atoms with Crippen molar-refractivity contribution in [1.29, 1.82) is 0 Å². The molecule has 0 radical (unpaired) electrons. The summed E-state index contributed by atoms with van der Waals surface area (Å²) in [4.78, 5) is 16.7. The molecule has 170 valence electrons. The van der Waals surface area contributed by atoms with Gasteiger partial charge in [0.2, 0.25) is 15.9 Å². The molecule has 0 saturated carbocycles. The second-order valence-electron chi connectivity index (χ2n) is 7.51. The molecule has 2 heterocycles. The maximum Gasteiger partial charge on any atom is 0.238 e. The van der Waals surface area contributed by atoms with Crippen molar-refractivity contribution in [3.63, 3.8) is 0 Å². The number of benzene rings is 1. The van der Waals surface area contributed by atoms with Gasteiger partial charge in [-0.2, -0.15) is 4.31 Å². The fourth-order valence-corrected chi connectivity index (χ4v) is 4.08. The van der Waals surface area contributed by atoms with Crippen LogP contribution in [-0.2, 0) is 32.6 Å². The Kier molecular flexibility index (Phi) is 8.19. The van der Waals surface area contributed by atoms with Crippen LogP contribution in [0.1, 0.15) is 11.3 Å². The van der Waals surface area contributed by atoms with Crippen molar-refractivity contribution in [1.82, 2.24) is 14.1 Å². The summed E-state index contributed by atoms with van der Waals surface area (Å²) in [6.07, 6.45) is 2.62. The Hall–Kier alpha value is -2.27. The van der Waals surface area contributed by atoms with Crippen molar-refractivity contribution in [2.24, 2.45) is 0 Å². The Balaban J connectivity index is 1.69. The topological polar surface area (TPSA) is 83.3 Å². The van der Waals surface area contributed by atoms with Crippen LogP contribution in [0.2, 0.25) is 0 Å². The summed E-state index contributed by atoms with van der Waals surface area (Å²) in [5, 5.41) is 0. The summed E-state index contributed by atoms with van der Waals surface area (Å²) in [5.74, 6) is -0.137. The van der Waals surface area contributed by atoms with Gasteiger partial charge in [0.1, 0.15) is 11.6 Å². The predicted octanol–water partition coefficient (Wildman–Crippen LogP) is 1.54. The Morgan fingerprint density at radius 3 is 2.45 bits per heavy atom. The van der Waals surface area contributed by atoms with Gasteiger partial charge in [-0.3, -0.25) is 9.69 Å². The number of ether oxygens (including phenoxy) is 1. The van der Waals surface area contributed by atoms with Crippen molar-refractivity contribution >= 4 is 15.9 Å². The molecule has 31 heavy (non-hydrogen) atoms. The third kappa shape index (κ3) is 7.42. The van der Waals surface area contributed by atoms with E-state index in [0.717, 1.165) is 24.9 Å². The third-order valence-corrected chi connectivity index (χ3v) is 6.37. The number of hydrogen-bond donors (Lipinski definition) is 0. The van der Waals surface area contributed by atoms with E-state index in [9.17, 15) is 17.6 Å². The van der Waals surface area contributed by atoms with E-state index in [1.54, 1.807) is 24.3 Å². The van der Waals surface area contributed by atoms with Gasteiger partial charge in [-0.1, -0.05) is 12.1 Å². The average molecular weight is 454 g/mol. The van der Waals surface area contributed by atoms with Gasteiger partial charge in [0, 0.05) is 32.7 Å². The number of carbonyl (C=O) groups is 1. The number of furan rings is 1. The van der Waals surface area contributed by atoms with Crippen molar-refractivity contribution < 1.29 is 26.8 Å². The number of halogens is 1. The SMILES string of the molecule is CS(=O)(=O)N(CCN1CCOCC1)CC(=O)N(Cc1ccc(F)cc1)Cc1ccco1. The van der Waals surface area contributed by atoms with E-state index in [-0.39, 0.29) is 37.9 Å². The maximum atomic E-state index is 13.2. The molecule has 1 aliphatic heterocycles. The number of sulfonamides is 1. The van der Waals surface area contributed by atoms with Gasteiger partial charge in [0.25, 0.3) is 0 Å². The van der Waals surface area contributed by atoms with E-state index in [0.29, 0.717) is 25.5 Å². The molecule has 0 N–H and O–H groups in total. The minimum Gasteiger partial charge on any atom is -0.467 e. The molecule has 1 amide bonds. The molecule has 2 aromatic rings. The zero-order valence-electron chi connectivity index (χ0n) is 17.6. The zero-order chi connectivity index (χ0) is 22.3. The van der Waals surface area contributed by atoms with Crippen LogP contribution in [0.5, 0.6) is 0 Å². The number of hydrogen-bond acceptors (Lipinski definition) is 6. The van der Waals surface area contributed by atoms with E-state index in [4.69, 9.17) is 9.15 Å². The molecule has 0 bridgehead atoms. The van der Waals surface area contributed by atoms with Gasteiger partial charge >= 0.3 is 0 Å². The summed E-state index contributed by atoms with van der Waals surface area (Å²) in [6, 6.07) is 9.33. The highest BCUT2D eigenvalue weighted by Crippen LogP contribution is 2.13. The first-order valence-corrected chi connectivity index (χ1v) is 12.0. The molecule has 1 aliphatic rings. The van der Waals surface area contributed by atoms with E-state index in [2.05, 4.69) is 4.90 Å². The number of carbonyl (C=O) groups excluding carboxylic acids is 1. The molecule has 0 atom stereocenters. The van der Waals surface area contributed by atoms with E-state index >= 15 is 0 Å². The Labute approximate surface area is 182 Å². The molecule has 1 aromatic carbocycles. The molecular weight excluding hydrogens is 425 g/mol. The van der Waals surface area contributed by atoms with Crippen molar-refractivity contribution in [3.05, 3.63) is 59.8 Å². The Morgan fingerprint density at radius 2 is 1.84 bits per heavy atom. The minimum absolute atomic E-state index is 0.185. The molecular formula is C21H28FN3O5S. The second-order valence-corrected chi connectivity index (χ2v) is 9.49. The third-order valence-electron chi connectivity index (χ3n) is 5.12. The molecule has 1 aromatic heterocycles. The first kappa shape index (κ1) is 23.4. The van der Waals surface area contributed by atoms with Crippen LogP contribution >= 0.6 is 0 Å². The smallest absolute Gasteiger partial charge is 0.238 e. The molecule has 1 saturated heterocycles. The van der Waals surface area contributed by atoms with Crippen LogP contribution in [0.4, 0.5) is 4.39 Å². The Morgan fingerprint density at radius 1 is 1.13 bits per heavy atom. The van der Waals surface area contributed by atoms with Crippen molar-refractivity contribution in [2.75, 3.05) is 52.2 Å². The van der Waals surface area contributed by atoms with Gasteiger partial charge in [-0.15, -0.1) is 0 Å². The van der Waals surface area contributed by atoms with Crippen molar-refractivity contribution in [3.8, 4) is 0 Å². The largest absolute Gasteiger partial charge is 0.467 e. The number of rotatable bonds is 10. The zero-order valence-corrected chi connectivity index (χ0v) is 18.4. The fourth-order valence-electron chi connectivity index (χ4n) is 3.32. The van der Waals surface area contributed by atoms with Crippen LogP contribution in [0, 0.1) is 5.82 Å². The molecule has 10 heteroatoms. The first-order chi connectivity index (χ1) is 14.8. The van der Waals surface area contributed by atoms with Crippen molar-refractivity contribution in [2.45, 2.75) is 13.1 Å².